The molecule has 1 fully saturated rings. The average molecular weight is 295 g/mol. The quantitative estimate of drug-likeness (QED) is 0.801. The van der Waals surface area contributed by atoms with Crippen LogP contribution in [0.2, 0.25) is 0 Å². The number of aryl methyl sites for hydroxylation is 2. The minimum atomic E-state index is 0.476. The van der Waals surface area contributed by atoms with Crippen molar-refractivity contribution < 1.29 is 0 Å². The summed E-state index contributed by atoms with van der Waals surface area (Å²) in [6, 6.07) is 0.534. The number of fused-ring (bicyclic) bond motifs is 1. The standard InChI is InChI=1S/C15H23ClN4/c1-4-19-15-14(11(3)18-19)17-13(9-16)20(15)12-7-5-10(2)6-8-12/h10,12H,4-9H2,1-3H3. The SMILES string of the molecule is CCn1nc(C)c2nc(CCl)n(C3CCC(C)CC3)c21. The van der Waals surface area contributed by atoms with Gasteiger partial charge in [0.05, 0.1) is 11.6 Å². The molecule has 0 aromatic carbocycles. The largest absolute Gasteiger partial charge is 0.309 e. The lowest BCUT2D eigenvalue weighted by atomic mass is 9.87. The van der Waals surface area contributed by atoms with E-state index in [1.807, 2.05) is 6.92 Å². The van der Waals surface area contributed by atoms with Crippen LogP contribution in [0.4, 0.5) is 0 Å². The van der Waals surface area contributed by atoms with Crippen molar-refractivity contribution in [2.45, 2.75) is 64.9 Å². The lowest BCUT2D eigenvalue weighted by Crippen LogP contribution is -2.19. The van der Waals surface area contributed by atoms with Crippen LogP contribution in [-0.4, -0.2) is 19.3 Å². The molecule has 0 N–H and O–H groups in total. The van der Waals surface area contributed by atoms with E-state index in [9.17, 15) is 0 Å². The summed E-state index contributed by atoms with van der Waals surface area (Å²) in [6.07, 6.45) is 5.05. The topological polar surface area (TPSA) is 35.6 Å². The predicted octanol–water partition coefficient (Wildman–Crippen LogP) is 4.05. The number of rotatable bonds is 3. The van der Waals surface area contributed by atoms with Gasteiger partial charge in [0.15, 0.2) is 5.65 Å². The Morgan fingerprint density at radius 1 is 1.25 bits per heavy atom. The molecule has 0 saturated heterocycles. The monoisotopic (exact) mass is 294 g/mol. The molecule has 2 aromatic rings. The van der Waals surface area contributed by atoms with Crippen molar-refractivity contribution in [1.82, 2.24) is 19.3 Å². The maximum Gasteiger partial charge on any atom is 0.159 e. The maximum absolute atomic E-state index is 6.14. The van der Waals surface area contributed by atoms with Crippen molar-refractivity contribution in [3.05, 3.63) is 11.5 Å². The Morgan fingerprint density at radius 2 is 1.95 bits per heavy atom. The molecule has 1 aliphatic carbocycles. The molecule has 1 aliphatic rings. The molecule has 110 valence electrons. The molecule has 0 bridgehead atoms. The van der Waals surface area contributed by atoms with E-state index in [-0.39, 0.29) is 0 Å². The van der Waals surface area contributed by atoms with E-state index in [0.29, 0.717) is 11.9 Å². The van der Waals surface area contributed by atoms with Crippen LogP contribution >= 0.6 is 11.6 Å². The van der Waals surface area contributed by atoms with Crippen molar-refractivity contribution in [3.8, 4) is 0 Å². The number of imidazole rings is 1. The van der Waals surface area contributed by atoms with Gasteiger partial charge in [-0.3, -0.25) is 0 Å². The van der Waals surface area contributed by atoms with Crippen LogP contribution in [0.15, 0.2) is 0 Å². The number of aromatic nitrogens is 4. The second kappa shape index (κ2) is 5.40. The van der Waals surface area contributed by atoms with Crippen LogP contribution in [0.5, 0.6) is 0 Å². The molecule has 0 aliphatic heterocycles. The van der Waals surface area contributed by atoms with Crippen molar-refractivity contribution >= 4 is 22.8 Å². The van der Waals surface area contributed by atoms with E-state index >= 15 is 0 Å². The van der Waals surface area contributed by atoms with Gasteiger partial charge in [0, 0.05) is 12.6 Å². The number of nitrogens with zero attached hydrogens (tertiary/aromatic N) is 4. The molecule has 1 saturated carbocycles. The highest BCUT2D eigenvalue weighted by atomic mass is 35.5. The molecular formula is C15H23ClN4. The lowest BCUT2D eigenvalue weighted by Gasteiger charge is -2.28. The first-order chi connectivity index (χ1) is 9.65. The summed E-state index contributed by atoms with van der Waals surface area (Å²) in [6.45, 7) is 7.39. The zero-order valence-electron chi connectivity index (χ0n) is 12.6. The Balaban J connectivity index is 2.11. The number of hydrogen-bond donors (Lipinski definition) is 0. The first kappa shape index (κ1) is 13.9. The summed E-state index contributed by atoms with van der Waals surface area (Å²) in [5.74, 6) is 2.33. The Labute approximate surface area is 125 Å². The van der Waals surface area contributed by atoms with E-state index in [0.717, 1.165) is 29.5 Å². The zero-order chi connectivity index (χ0) is 14.3. The third-order valence-corrected chi connectivity index (χ3v) is 4.83. The number of hydrogen-bond acceptors (Lipinski definition) is 2. The minimum Gasteiger partial charge on any atom is -0.309 e. The van der Waals surface area contributed by atoms with Gasteiger partial charge in [-0.15, -0.1) is 11.6 Å². The highest BCUT2D eigenvalue weighted by Gasteiger charge is 2.26. The highest BCUT2D eigenvalue weighted by Crippen LogP contribution is 2.35. The second-order valence-corrected chi connectivity index (χ2v) is 6.29. The molecule has 2 heterocycles. The van der Waals surface area contributed by atoms with E-state index in [2.05, 4.69) is 28.2 Å². The summed E-state index contributed by atoms with van der Waals surface area (Å²) >= 11 is 6.14. The molecule has 20 heavy (non-hydrogen) atoms. The molecule has 0 radical (unpaired) electrons. The van der Waals surface area contributed by atoms with Crippen molar-refractivity contribution in [3.63, 3.8) is 0 Å². The third-order valence-electron chi connectivity index (χ3n) is 4.59. The lowest BCUT2D eigenvalue weighted by molar-refractivity contribution is 0.288. The molecule has 0 unspecified atom stereocenters. The zero-order valence-corrected chi connectivity index (χ0v) is 13.3. The van der Waals surface area contributed by atoms with Gasteiger partial charge in [-0.1, -0.05) is 6.92 Å². The highest BCUT2D eigenvalue weighted by molar-refractivity contribution is 6.16. The maximum atomic E-state index is 6.14. The third kappa shape index (κ3) is 2.14. The molecule has 5 heteroatoms. The summed E-state index contributed by atoms with van der Waals surface area (Å²) in [5.41, 5.74) is 3.21. The van der Waals surface area contributed by atoms with Gasteiger partial charge in [-0.2, -0.15) is 5.10 Å². The van der Waals surface area contributed by atoms with Crippen LogP contribution in [0.25, 0.3) is 11.2 Å². The van der Waals surface area contributed by atoms with E-state index < -0.39 is 0 Å². The van der Waals surface area contributed by atoms with Gasteiger partial charge in [-0.25, -0.2) is 9.67 Å². The van der Waals surface area contributed by atoms with Crippen LogP contribution in [0.3, 0.4) is 0 Å². The van der Waals surface area contributed by atoms with Gasteiger partial charge in [0.25, 0.3) is 0 Å². The van der Waals surface area contributed by atoms with Gasteiger partial charge in [0.1, 0.15) is 11.3 Å². The summed E-state index contributed by atoms with van der Waals surface area (Å²) < 4.78 is 4.45. The van der Waals surface area contributed by atoms with E-state index in [4.69, 9.17) is 16.6 Å². The second-order valence-electron chi connectivity index (χ2n) is 6.02. The Bertz CT molecular complexity index is 605. The number of alkyl halides is 1. The fraction of sp³-hybridized carbons (Fsp3) is 0.733. The molecule has 4 nitrogen and oxygen atoms in total. The van der Waals surface area contributed by atoms with Crippen LogP contribution in [-0.2, 0) is 12.4 Å². The first-order valence-corrected chi connectivity index (χ1v) is 8.19. The number of halogens is 1. The molecule has 2 aromatic heterocycles. The van der Waals surface area contributed by atoms with Gasteiger partial charge in [0.2, 0.25) is 0 Å². The Morgan fingerprint density at radius 3 is 2.55 bits per heavy atom. The van der Waals surface area contributed by atoms with Crippen LogP contribution in [0.1, 0.15) is 57.1 Å². The fourth-order valence-electron chi connectivity index (χ4n) is 3.43. The first-order valence-electron chi connectivity index (χ1n) is 7.65. The Hall–Kier alpha value is -1.03. The smallest absolute Gasteiger partial charge is 0.159 e. The van der Waals surface area contributed by atoms with Crippen LogP contribution in [0, 0.1) is 12.8 Å². The Kier molecular flexibility index (Phi) is 3.76. The normalized spacial score (nSPS) is 23.6. The van der Waals surface area contributed by atoms with E-state index in [1.165, 1.54) is 31.3 Å². The molecule has 0 atom stereocenters. The van der Waals surface area contributed by atoms with Crippen molar-refractivity contribution in [1.29, 1.82) is 0 Å². The molecule has 0 spiro atoms. The van der Waals surface area contributed by atoms with Gasteiger partial charge < -0.3 is 4.57 Å². The summed E-state index contributed by atoms with van der Waals surface area (Å²) in [5, 5.41) is 4.60. The molecular weight excluding hydrogens is 272 g/mol. The molecule has 3 rings (SSSR count). The summed E-state index contributed by atoms with van der Waals surface area (Å²) in [4.78, 5) is 4.74. The van der Waals surface area contributed by atoms with Crippen molar-refractivity contribution in [2.75, 3.05) is 0 Å². The van der Waals surface area contributed by atoms with Gasteiger partial charge in [-0.05, 0) is 45.4 Å². The van der Waals surface area contributed by atoms with Crippen molar-refractivity contribution in [2.24, 2.45) is 5.92 Å². The van der Waals surface area contributed by atoms with Gasteiger partial charge >= 0.3 is 0 Å². The predicted molar refractivity (Wildman–Crippen MR) is 82.2 cm³/mol. The fourth-order valence-corrected chi connectivity index (χ4v) is 3.62. The summed E-state index contributed by atoms with van der Waals surface area (Å²) in [7, 11) is 0. The van der Waals surface area contributed by atoms with Crippen LogP contribution < -0.4 is 0 Å². The minimum absolute atomic E-state index is 0.476. The molecule has 0 amide bonds. The van der Waals surface area contributed by atoms with E-state index in [1.54, 1.807) is 0 Å². The average Bonchev–Trinajstić information content (AvgIpc) is 2.97.